The van der Waals surface area contributed by atoms with Gasteiger partial charge in [0.15, 0.2) is 5.78 Å². The van der Waals surface area contributed by atoms with E-state index in [4.69, 9.17) is 0 Å². The van der Waals surface area contributed by atoms with Crippen molar-refractivity contribution in [2.45, 2.75) is 32.6 Å². The van der Waals surface area contributed by atoms with Gasteiger partial charge >= 0.3 is 12.0 Å². The molecular formula is C18H22N2O4. The first-order chi connectivity index (χ1) is 11.4. The highest BCUT2D eigenvalue weighted by Crippen LogP contribution is 2.26. The van der Waals surface area contributed by atoms with Crippen LogP contribution in [0.15, 0.2) is 18.2 Å². The molecule has 2 aliphatic rings. The lowest BCUT2D eigenvalue weighted by Crippen LogP contribution is -2.47. The van der Waals surface area contributed by atoms with Gasteiger partial charge in [0.25, 0.3) is 0 Å². The third-order valence-electron chi connectivity index (χ3n) is 4.81. The maximum absolute atomic E-state index is 12.5. The Balaban J connectivity index is 1.71. The van der Waals surface area contributed by atoms with E-state index in [2.05, 4.69) is 5.32 Å². The molecule has 6 nitrogen and oxygen atoms in total. The van der Waals surface area contributed by atoms with Crippen LogP contribution in [0.2, 0.25) is 0 Å². The number of piperidine rings is 1. The number of rotatable bonds is 2. The number of hydrogen-bond acceptors (Lipinski definition) is 3. The van der Waals surface area contributed by atoms with E-state index in [-0.39, 0.29) is 24.3 Å². The molecular weight excluding hydrogens is 308 g/mol. The van der Waals surface area contributed by atoms with Gasteiger partial charge in [0.2, 0.25) is 0 Å². The molecule has 1 aromatic carbocycles. The molecule has 2 unspecified atom stereocenters. The first kappa shape index (κ1) is 16.5. The Labute approximate surface area is 140 Å². The van der Waals surface area contributed by atoms with Gasteiger partial charge in [-0.2, -0.15) is 0 Å². The van der Waals surface area contributed by atoms with Gasteiger partial charge in [-0.1, -0.05) is 13.0 Å². The zero-order valence-corrected chi connectivity index (χ0v) is 13.7. The number of hydrogen-bond donors (Lipinski definition) is 2. The highest BCUT2D eigenvalue weighted by molar-refractivity contribution is 6.00. The molecule has 0 radical (unpaired) electrons. The van der Waals surface area contributed by atoms with E-state index in [0.717, 1.165) is 18.4 Å². The average molecular weight is 330 g/mol. The first-order valence-electron chi connectivity index (χ1n) is 8.39. The lowest BCUT2D eigenvalue weighted by Gasteiger charge is -2.34. The number of likely N-dealkylation sites (tertiary alicyclic amines) is 1. The predicted molar refractivity (Wildman–Crippen MR) is 89.2 cm³/mol. The van der Waals surface area contributed by atoms with Crippen LogP contribution in [-0.2, 0) is 11.2 Å². The zero-order chi connectivity index (χ0) is 17.3. The van der Waals surface area contributed by atoms with Crippen LogP contribution >= 0.6 is 0 Å². The quantitative estimate of drug-likeness (QED) is 0.873. The third kappa shape index (κ3) is 3.42. The first-order valence-corrected chi connectivity index (χ1v) is 8.39. The van der Waals surface area contributed by atoms with Crippen LogP contribution in [0.5, 0.6) is 0 Å². The van der Waals surface area contributed by atoms with Crippen molar-refractivity contribution in [3.05, 3.63) is 29.3 Å². The smallest absolute Gasteiger partial charge is 0.321 e. The Bertz CT molecular complexity index is 686. The van der Waals surface area contributed by atoms with Gasteiger partial charge in [-0.05, 0) is 42.9 Å². The number of aryl methyl sites for hydroxylation is 1. The van der Waals surface area contributed by atoms with Crippen LogP contribution in [0.3, 0.4) is 0 Å². The summed E-state index contributed by atoms with van der Waals surface area (Å²) in [5.41, 5.74) is 2.30. The van der Waals surface area contributed by atoms with Crippen LogP contribution in [-0.4, -0.2) is 40.9 Å². The van der Waals surface area contributed by atoms with E-state index in [1.807, 2.05) is 13.0 Å². The number of urea groups is 1. The monoisotopic (exact) mass is 330 g/mol. The van der Waals surface area contributed by atoms with E-state index in [1.54, 1.807) is 17.0 Å². The average Bonchev–Trinajstić information content (AvgIpc) is 2.55. The summed E-state index contributed by atoms with van der Waals surface area (Å²) in [6.45, 7) is 2.71. The number of nitrogens with one attached hydrogen (secondary N) is 1. The zero-order valence-electron chi connectivity index (χ0n) is 13.7. The number of Topliss-reactive ketones (excluding diaryl/α,β-unsaturated/α-hetero) is 1. The predicted octanol–water partition coefficient (Wildman–Crippen LogP) is 2.78. The Hall–Kier alpha value is -2.37. The minimum atomic E-state index is -0.862. The van der Waals surface area contributed by atoms with Gasteiger partial charge in [-0.3, -0.25) is 9.59 Å². The second kappa shape index (κ2) is 6.63. The van der Waals surface area contributed by atoms with Crippen molar-refractivity contribution in [2.75, 3.05) is 18.4 Å². The lowest BCUT2D eigenvalue weighted by molar-refractivity contribution is -0.143. The molecule has 1 aliphatic carbocycles. The number of anilines is 1. The standard InChI is InChI=1S/C18H22N2O4/c1-11-7-13(17(22)23)10-20(9-11)18(24)19-14-6-5-12-3-2-4-16(21)15(12)8-14/h5-6,8,11,13H,2-4,7,9-10H2,1H3,(H,19,24)(H,22,23). The molecule has 3 rings (SSSR count). The van der Waals surface area contributed by atoms with Crippen LogP contribution < -0.4 is 5.32 Å². The molecule has 0 saturated carbocycles. The topological polar surface area (TPSA) is 86.7 Å². The molecule has 2 amide bonds. The Morgan fingerprint density at radius 3 is 2.79 bits per heavy atom. The summed E-state index contributed by atoms with van der Waals surface area (Å²) in [7, 11) is 0. The summed E-state index contributed by atoms with van der Waals surface area (Å²) in [5, 5.41) is 12.0. The molecule has 1 aliphatic heterocycles. The Morgan fingerprint density at radius 2 is 2.04 bits per heavy atom. The molecule has 1 fully saturated rings. The number of carboxylic acids is 1. The number of ketones is 1. The molecule has 0 aromatic heterocycles. The molecule has 1 heterocycles. The maximum Gasteiger partial charge on any atom is 0.321 e. The van der Waals surface area contributed by atoms with Gasteiger partial charge < -0.3 is 15.3 Å². The van der Waals surface area contributed by atoms with Crippen molar-refractivity contribution in [1.82, 2.24) is 4.90 Å². The minimum Gasteiger partial charge on any atom is -0.481 e. The number of aliphatic carboxylic acids is 1. The van der Waals surface area contributed by atoms with E-state index in [1.165, 1.54) is 0 Å². The summed E-state index contributed by atoms with van der Waals surface area (Å²) in [4.78, 5) is 37.2. The molecule has 1 saturated heterocycles. The molecule has 6 heteroatoms. The fourth-order valence-corrected chi connectivity index (χ4v) is 3.60. The summed E-state index contributed by atoms with van der Waals surface area (Å²) in [5.74, 6) is -1.12. The van der Waals surface area contributed by atoms with Crippen molar-refractivity contribution in [2.24, 2.45) is 11.8 Å². The largest absolute Gasteiger partial charge is 0.481 e. The van der Waals surface area contributed by atoms with Crippen molar-refractivity contribution in [3.8, 4) is 0 Å². The molecule has 1 aromatic rings. The molecule has 0 bridgehead atoms. The molecule has 2 atom stereocenters. The normalized spacial score (nSPS) is 23.5. The van der Waals surface area contributed by atoms with Gasteiger partial charge in [0.05, 0.1) is 5.92 Å². The van der Waals surface area contributed by atoms with E-state index in [0.29, 0.717) is 30.6 Å². The summed E-state index contributed by atoms with van der Waals surface area (Å²) in [6.07, 6.45) is 2.90. The number of carbonyl (C=O) groups is 3. The number of carbonyl (C=O) groups excluding carboxylic acids is 2. The summed E-state index contributed by atoms with van der Waals surface area (Å²) in [6, 6.07) is 5.12. The number of carboxylic acid groups (broad SMARTS) is 1. The summed E-state index contributed by atoms with van der Waals surface area (Å²) < 4.78 is 0. The Kier molecular flexibility index (Phi) is 4.55. The fourth-order valence-electron chi connectivity index (χ4n) is 3.60. The van der Waals surface area contributed by atoms with E-state index >= 15 is 0 Å². The molecule has 24 heavy (non-hydrogen) atoms. The van der Waals surface area contributed by atoms with Crippen LogP contribution in [0.1, 0.15) is 42.1 Å². The third-order valence-corrected chi connectivity index (χ3v) is 4.81. The van der Waals surface area contributed by atoms with Crippen LogP contribution in [0.25, 0.3) is 0 Å². The fraction of sp³-hybridized carbons (Fsp3) is 0.500. The molecule has 2 N–H and O–H groups in total. The van der Waals surface area contributed by atoms with Crippen molar-refractivity contribution < 1.29 is 19.5 Å². The van der Waals surface area contributed by atoms with E-state index in [9.17, 15) is 19.5 Å². The second-order valence-electron chi connectivity index (χ2n) is 6.86. The Morgan fingerprint density at radius 1 is 1.25 bits per heavy atom. The van der Waals surface area contributed by atoms with Gasteiger partial charge in [0.1, 0.15) is 0 Å². The van der Waals surface area contributed by atoms with Crippen molar-refractivity contribution in [3.63, 3.8) is 0 Å². The highest BCUT2D eigenvalue weighted by atomic mass is 16.4. The SMILES string of the molecule is CC1CC(C(=O)O)CN(C(=O)Nc2ccc3c(c2)C(=O)CCC3)C1. The van der Waals surface area contributed by atoms with Gasteiger partial charge in [-0.15, -0.1) is 0 Å². The summed E-state index contributed by atoms with van der Waals surface area (Å²) >= 11 is 0. The maximum atomic E-state index is 12.5. The minimum absolute atomic E-state index is 0.116. The lowest BCUT2D eigenvalue weighted by atomic mass is 9.90. The van der Waals surface area contributed by atoms with Crippen LogP contribution in [0, 0.1) is 11.8 Å². The van der Waals surface area contributed by atoms with Gasteiger partial charge in [-0.25, -0.2) is 4.79 Å². The number of nitrogens with zero attached hydrogens (tertiary/aromatic N) is 1. The van der Waals surface area contributed by atoms with Crippen molar-refractivity contribution in [1.29, 1.82) is 0 Å². The number of benzene rings is 1. The number of fused-ring (bicyclic) bond motifs is 1. The van der Waals surface area contributed by atoms with Gasteiger partial charge in [0, 0.05) is 30.8 Å². The highest BCUT2D eigenvalue weighted by Gasteiger charge is 2.32. The van der Waals surface area contributed by atoms with Crippen LogP contribution in [0.4, 0.5) is 10.5 Å². The van der Waals surface area contributed by atoms with E-state index < -0.39 is 11.9 Å². The second-order valence-corrected chi connectivity index (χ2v) is 6.86. The molecule has 0 spiro atoms. The van der Waals surface area contributed by atoms with Crippen molar-refractivity contribution >= 4 is 23.5 Å². The number of amides is 2. The molecule has 128 valence electrons.